The zero-order valence-corrected chi connectivity index (χ0v) is 13.9. The van der Waals surface area contributed by atoms with E-state index in [-0.39, 0.29) is 29.2 Å². The van der Waals surface area contributed by atoms with E-state index in [1.807, 2.05) is 0 Å². The summed E-state index contributed by atoms with van der Waals surface area (Å²) in [7, 11) is -3.17. The first-order chi connectivity index (χ1) is 10.9. The number of carbonyl (C=O) groups excluding carboxylic acids is 1. The van der Waals surface area contributed by atoms with Gasteiger partial charge in [-0.2, -0.15) is 0 Å². The third-order valence-corrected chi connectivity index (χ3v) is 6.37. The Morgan fingerprint density at radius 3 is 2.61 bits per heavy atom. The number of piperazine rings is 1. The Kier molecular flexibility index (Phi) is 4.42. The molecule has 0 N–H and O–H groups in total. The molecule has 23 heavy (non-hydrogen) atoms. The van der Waals surface area contributed by atoms with E-state index in [1.165, 1.54) is 18.2 Å². The Balaban J connectivity index is 1.89. The molecule has 2 heterocycles. The van der Waals surface area contributed by atoms with Crippen molar-refractivity contribution in [3.8, 4) is 0 Å². The Bertz CT molecular complexity index is 707. The molecule has 0 saturated carbocycles. The van der Waals surface area contributed by atoms with Crippen LogP contribution >= 0.6 is 0 Å². The van der Waals surface area contributed by atoms with Gasteiger partial charge in [-0.05, 0) is 25.1 Å². The molecule has 3 rings (SSSR count). The number of fused-ring (bicyclic) bond motifs is 1. The number of hydrogen-bond donors (Lipinski definition) is 0. The van der Waals surface area contributed by atoms with Crippen LogP contribution in [0.25, 0.3) is 0 Å². The average molecular weight is 340 g/mol. The minimum absolute atomic E-state index is 0.0134. The number of sulfone groups is 1. The molecule has 2 saturated heterocycles. The summed E-state index contributed by atoms with van der Waals surface area (Å²) < 4.78 is 38.1. The van der Waals surface area contributed by atoms with Gasteiger partial charge in [-0.15, -0.1) is 0 Å². The number of carbonyl (C=O) groups is 1. The molecule has 2 aliphatic rings. The molecular weight excluding hydrogens is 319 g/mol. The zero-order valence-electron chi connectivity index (χ0n) is 13.1. The van der Waals surface area contributed by atoms with E-state index in [0.717, 1.165) is 13.0 Å². The van der Waals surface area contributed by atoms with E-state index < -0.39 is 21.6 Å². The van der Waals surface area contributed by atoms with Crippen molar-refractivity contribution in [2.75, 3.05) is 31.1 Å². The third kappa shape index (κ3) is 3.12. The molecule has 0 aromatic heterocycles. The maximum Gasteiger partial charge on any atom is 0.257 e. The number of nitrogens with zero attached hydrogens (tertiary/aromatic N) is 2. The van der Waals surface area contributed by atoms with Crippen molar-refractivity contribution >= 4 is 15.7 Å². The number of hydrogen-bond acceptors (Lipinski definition) is 4. The molecule has 7 heteroatoms. The second-order valence-electron chi connectivity index (χ2n) is 6.23. The molecule has 5 nitrogen and oxygen atoms in total. The third-order valence-electron chi connectivity index (χ3n) is 4.67. The summed E-state index contributed by atoms with van der Waals surface area (Å²) in [5.41, 5.74) is 0.0134. The normalized spacial score (nSPS) is 27.0. The fourth-order valence-electron chi connectivity index (χ4n) is 3.63. The molecule has 2 atom stereocenters. The number of rotatable bonds is 3. The van der Waals surface area contributed by atoms with Crippen molar-refractivity contribution in [3.05, 3.63) is 35.6 Å². The van der Waals surface area contributed by atoms with E-state index in [1.54, 1.807) is 11.0 Å². The first-order valence-corrected chi connectivity index (χ1v) is 9.75. The van der Waals surface area contributed by atoms with E-state index in [9.17, 15) is 17.6 Å². The summed E-state index contributed by atoms with van der Waals surface area (Å²) in [6, 6.07) is 5.30. The van der Waals surface area contributed by atoms with Gasteiger partial charge < -0.3 is 4.90 Å². The molecule has 2 fully saturated rings. The van der Waals surface area contributed by atoms with Crippen molar-refractivity contribution in [1.29, 1.82) is 0 Å². The lowest BCUT2D eigenvalue weighted by Crippen LogP contribution is -2.60. The van der Waals surface area contributed by atoms with Crippen LogP contribution in [-0.2, 0) is 9.84 Å². The van der Waals surface area contributed by atoms with E-state index >= 15 is 0 Å². The lowest BCUT2D eigenvalue weighted by atomic mass is 10.0. The van der Waals surface area contributed by atoms with Crippen LogP contribution in [0.4, 0.5) is 4.39 Å². The van der Waals surface area contributed by atoms with Crippen LogP contribution in [-0.4, -0.2) is 67.3 Å². The highest BCUT2D eigenvalue weighted by Gasteiger charge is 2.48. The van der Waals surface area contributed by atoms with Gasteiger partial charge in [0.25, 0.3) is 5.91 Å². The first-order valence-electron chi connectivity index (χ1n) is 7.93. The van der Waals surface area contributed by atoms with Crippen LogP contribution in [0.2, 0.25) is 0 Å². The molecule has 0 spiro atoms. The second-order valence-corrected chi connectivity index (χ2v) is 8.38. The first kappa shape index (κ1) is 16.4. The van der Waals surface area contributed by atoms with Gasteiger partial charge in [0.1, 0.15) is 5.82 Å². The summed E-state index contributed by atoms with van der Waals surface area (Å²) in [6.07, 6.45) is 0.935. The summed E-state index contributed by atoms with van der Waals surface area (Å²) in [5, 5.41) is 0. The summed E-state index contributed by atoms with van der Waals surface area (Å²) >= 11 is 0. The van der Waals surface area contributed by atoms with Crippen molar-refractivity contribution in [2.45, 2.75) is 25.4 Å². The van der Waals surface area contributed by atoms with E-state index in [2.05, 4.69) is 11.8 Å². The topological polar surface area (TPSA) is 57.7 Å². The fraction of sp³-hybridized carbons (Fsp3) is 0.562. The minimum Gasteiger partial charge on any atom is -0.332 e. The molecule has 0 bridgehead atoms. The maximum absolute atomic E-state index is 13.9. The van der Waals surface area contributed by atoms with Crippen molar-refractivity contribution in [3.63, 3.8) is 0 Å². The molecular formula is C16H21FN2O3S. The summed E-state index contributed by atoms with van der Waals surface area (Å²) in [5.74, 6) is -0.922. The maximum atomic E-state index is 13.9. The highest BCUT2D eigenvalue weighted by Crippen LogP contribution is 2.28. The van der Waals surface area contributed by atoms with Crippen LogP contribution in [0.1, 0.15) is 23.7 Å². The number of amides is 1. The average Bonchev–Trinajstić information content (AvgIpc) is 2.83. The van der Waals surface area contributed by atoms with Crippen molar-refractivity contribution in [2.24, 2.45) is 0 Å². The molecule has 126 valence electrons. The standard InChI is InChI=1S/C16H21FN2O3S/c1-2-7-18-8-9-19(15-11-23(21,22)10-14(15)18)16(20)12-5-3-4-6-13(12)17/h3-6,14-15H,2,7-11H2,1H3. The highest BCUT2D eigenvalue weighted by atomic mass is 32.2. The molecule has 1 amide bonds. The SMILES string of the molecule is CCCN1CCN(C(=O)c2ccccc2F)C2CS(=O)(=O)CC21. The van der Waals surface area contributed by atoms with Crippen LogP contribution in [0.3, 0.4) is 0 Å². The molecule has 1 aromatic rings. The molecule has 2 unspecified atom stereocenters. The van der Waals surface area contributed by atoms with Gasteiger partial charge in [-0.3, -0.25) is 9.69 Å². The van der Waals surface area contributed by atoms with Gasteiger partial charge in [0.05, 0.1) is 23.1 Å². The smallest absolute Gasteiger partial charge is 0.257 e. The van der Waals surface area contributed by atoms with Crippen LogP contribution in [0, 0.1) is 5.82 Å². The van der Waals surface area contributed by atoms with Gasteiger partial charge in [-0.25, -0.2) is 12.8 Å². The largest absolute Gasteiger partial charge is 0.332 e. The van der Waals surface area contributed by atoms with Gasteiger partial charge in [0, 0.05) is 19.1 Å². The van der Waals surface area contributed by atoms with Gasteiger partial charge in [0.2, 0.25) is 0 Å². The Morgan fingerprint density at radius 2 is 1.91 bits per heavy atom. The monoisotopic (exact) mass is 340 g/mol. The van der Waals surface area contributed by atoms with Crippen LogP contribution in [0.15, 0.2) is 24.3 Å². The summed E-state index contributed by atoms with van der Waals surface area (Å²) in [4.78, 5) is 16.4. The van der Waals surface area contributed by atoms with Gasteiger partial charge in [0.15, 0.2) is 9.84 Å². The quantitative estimate of drug-likeness (QED) is 0.829. The van der Waals surface area contributed by atoms with Crippen molar-refractivity contribution < 1.29 is 17.6 Å². The molecule has 0 aliphatic carbocycles. The van der Waals surface area contributed by atoms with Crippen LogP contribution < -0.4 is 0 Å². The Morgan fingerprint density at radius 1 is 1.22 bits per heavy atom. The predicted molar refractivity (Wildman–Crippen MR) is 85.5 cm³/mol. The number of benzene rings is 1. The molecule has 0 radical (unpaired) electrons. The van der Waals surface area contributed by atoms with Crippen LogP contribution in [0.5, 0.6) is 0 Å². The summed E-state index contributed by atoms with van der Waals surface area (Å²) in [6.45, 7) is 3.93. The fourth-order valence-corrected chi connectivity index (χ4v) is 5.64. The van der Waals surface area contributed by atoms with Gasteiger partial charge in [-0.1, -0.05) is 19.1 Å². The Hall–Kier alpha value is -1.47. The van der Waals surface area contributed by atoms with E-state index in [0.29, 0.717) is 13.1 Å². The highest BCUT2D eigenvalue weighted by molar-refractivity contribution is 7.91. The number of halogens is 1. The van der Waals surface area contributed by atoms with Crippen molar-refractivity contribution in [1.82, 2.24) is 9.80 Å². The van der Waals surface area contributed by atoms with E-state index in [4.69, 9.17) is 0 Å². The molecule has 1 aromatic carbocycles. The second kappa shape index (κ2) is 6.20. The zero-order chi connectivity index (χ0) is 16.6. The van der Waals surface area contributed by atoms with Gasteiger partial charge >= 0.3 is 0 Å². The lowest BCUT2D eigenvalue weighted by Gasteiger charge is -2.43. The Labute approximate surface area is 136 Å². The lowest BCUT2D eigenvalue weighted by molar-refractivity contribution is 0.0329. The minimum atomic E-state index is -3.17. The predicted octanol–water partition coefficient (Wildman–Crippen LogP) is 1.16. The molecule has 2 aliphatic heterocycles.